The van der Waals surface area contributed by atoms with Crippen molar-refractivity contribution in [2.24, 2.45) is 11.7 Å². The Kier molecular flexibility index (Phi) is 5.66. The van der Waals surface area contributed by atoms with Crippen molar-refractivity contribution in [1.82, 2.24) is 5.48 Å². The molecule has 0 aromatic rings. The average Bonchev–Trinajstić information content (AvgIpc) is 2.02. The molecule has 4 nitrogen and oxygen atoms in total. The van der Waals surface area contributed by atoms with Gasteiger partial charge in [-0.25, -0.2) is 5.48 Å². The minimum absolute atomic E-state index is 0.252. The third-order valence-electron chi connectivity index (χ3n) is 1.37. The predicted octanol–water partition coefficient (Wildman–Crippen LogP) is 0.427. The maximum absolute atomic E-state index is 11.0. The van der Waals surface area contributed by atoms with Crippen LogP contribution in [0, 0.1) is 5.92 Å². The number of nitrogens with one attached hydrogen (secondary N) is 1. The lowest BCUT2D eigenvalue weighted by Crippen LogP contribution is -2.40. The Morgan fingerprint density at radius 1 is 1.58 bits per heavy atom. The van der Waals surface area contributed by atoms with Crippen LogP contribution in [0.5, 0.6) is 0 Å². The number of hydroxylamine groups is 1. The topological polar surface area (TPSA) is 64.4 Å². The fourth-order valence-corrected chi connectivity index (χ4v) is 0.541. The van der Waals surface area contributed by atoms with E-state index in [9.17, 15) is 4.79 Å². The minimum Gasteiger partial charge on any atom is -0.320 e. The zero-order valence-corrected chi connectivity index (χ0v) is 7.96. The molecule has 1 amide bonds. The highest BCUT2D eigenvalue weighted by atomic mass is 16.7. The molecule has 4 heteroatoms. The van der Waals surface area contributed by atoms with Gasteiger partial charge in [-0.3, -0.25) is 9.63 Å². The largest absolute Gasteiger partial charge is 0.320 e. The summed E-state index contributed by atoms with van der Waals surface area (Å²) < 4.78 is 0. The summed E-state index contributed by atoms with van der Waals surface area (Å²) in [4.78, 5) is 15.9. The maximum Gasteiger partial charge on any atom is 0.260 e. The van der Waals surface area contributed by atoms with Crippen LogP contribution in [0.15, 0.2) is 0 Å². The molecule has 1 atom stereocenters. The van der Waals surface area contributed by atoms with E-state index in [4.69, 9.17) is 10.6 Å². The molecule has 12 heavy (non-hydrogen) atoms. The number of carbonyl (C=O) groups is 1. The van der Waals surface area contributed by atoms with E-state index in [1.807, 2.05) is 20.8 Å². The second-order valence-corrected chi connectivity index (χ2v) is 3.19. The lowest BCUT2D eigenvalue weighted by Gasteiger charge is -2.10. The Labute approximate surface area is 73.4 Å². The van der Waals surface area contributed by atoms with E-state index in [2.05, 4.69) is 5.48 Å². The standard InChI is InChI=1S/C8H18N2O2/c1-4-7(9)8(11)10-12-5-6(2)3/h6-7H,4-5,9H2,1-3H3,(H,10,11)/t7-/m1/s1. The Balaban J connectivity index is 3.44. The van der Waals surface area contributed by atoms with Gasteiger partial charge < -0.3 is 5.73 Å². The third-order valence-corrected chi connectivity index (χ3v) is 1.37. The van der Waals surface area contributed by atoms with Crippen LogP contribution in [-0.2, 0) is 9.63 Å². The molecule has 0 fully saturated rings. The van der Waals surface area contributed by atoms with Crippen LogP contribution in [0.1, 0.15) is 27.2 Å². The number of rotatable bonds is 5. The Morgan fingerprint density at radius 3 is 2.58 bits per heavy atom. The first-order valence-electron chi connectivity index (χ1n) is 4.25. The molecule has 0 rings (SSSR count). The molecule has 0 spiro atoms. The van der Waals surface area contributed by atoms with Gasteiger partial charge in [-0.1, -0.05) is 20.8 Å². The Hall–Kier alpha value is -0.610. The van der Waals surface area contributed by atoms with Crippen LogP contribution >= 0.6 is 0 Å². The van der Waals surface area contributed by atoms with E-state index in [0.717, 1.165) is 0 Å². The quantitative estimate of drug-likeness (QED) is 0.594. The van der Waals surface area contributed by atoms with Crippen LogP contribution < -0.4 is 11.2 Å². The molecular weight excluding hydrogens is 156 g/mol. The van der Waals surface area contributed by atoms with E-state index in [0.29, 0.717) is 18.9 Å². The molecule has 0 radical (unpaired) electrons. The molecule has 0 saturated heterocycles. The van der Waals surface area contributed by atoms with Crippen molar-refractivity contribution in [3.05, 3.63) is 0 Å². The molecule has 0 aliphatic heterocycles. The maximum atomic E-state index is 11.0. The van der Waals surface area contributed by atoms with Crippen LogP contribution in [0.25, 0.3) is 0 Å². The number of nitrogens with two attached hydrogens (primary N) is 1. The number of hydrogen-bond acceptors (Lipinski definition) is 3. The van der Waals surface area contributed by atoms with Gasteiger partial charge in [0, 0.05) is 0 Å². The summed E-state index contributed by atoms with van der Waals surface area (Å²) in [6.07, 6.45) is 0.622. The van der Waals surface area contributed by atoms with E-state index < -0.39 is 6.04 Å². The summed E-state index contributed by atoms with van der Waals surface area (Å²) >= 11 is 0. The number of hydrogen-bond donors (Lipinski definition) is 2. The Morgan fingerprint density at radius 2 is 2.17 bits per heavy atom. The van der Waals surface area contributed by atoms with Crippen molar-refractivity contribution in [2.75, 3.05) is 6.61 Å². The molecular formula is C8H18N2O2. The van der Waals surface area contributed by atoms with Crippen molar-refractivity contribution < 1.29 is 9.63 Å². The second-order valence-electron chi connectivity index (χ2n) is 3.19. The summed E-state index contributed by atoms with van der Waals surface area (Å²) in [5.41, 5.74) is 7.74. The zero-order chi connectivity index (χ0) is 9.56. The fourth-order valence-electron chi connectivity index (χ4n) is 0.541. The molecule has 72 valence electrons. The molecule has 0 bridgehead atoms. The van der Waals surface area contributed by atoms with Crippen molar-refractivity contribution in [3.8, 4) is 0 Å². The highest BCUT2D eigenvalue weighted by Gasteiger charge is 2.10. The van der Waals surface area contributed by atoms with Crippen LogP contribution in [0.4, 0.5) is 0 Å². The molecule has 0 aromatic heterocycles. The molecule has 0 unspecified atom stereocenters. The van der Waals surface area contributed by atoms with Gasteiger partial charge in [0.05, 0.1) is 12.6 Å². The molecule has 0 saturated carbocycles. The summed E-state index contributed by atoms with van der Waals surface area (Å²) in [5, 5.41) is 0. The monoisotopic (exact) mass is 174 g/mol. The van der Waals surface area contributed by atoms with Gasteiger partial charge in [0.25, 0.3) is 5.91 Å². The first kappa shape index (κ1) is 11.4. The van der Waals surface area contributed by atoms with Crippen molar-refractivity contribution in [2.45, 2.75) is 33.2 Å². The van der Waals surface area contributed by atoms with Crippen molar-refractivity contribution >= 4 is 5.91 Å². The van der Waals surface area contributed by atoms with E-state index in [-0.39, 0.29) is 5.91 Å². The summed E-state index contributed by atoms with van der Waals surface area (Å²) in [7, 11) is 0. The minimum atomic E-state index is -0.461. The van der Waals surface area contributed by atoms with Gasteiger partial charge in [0.1, 0.15) is 0 Å². The fraction of sp³-hybridized carbons (Fsp3) is 0.875. The third kappa shape index (κ3) is 5.09. The lowest BCUT2D eigenvalue weighted by molar-refractivity contribution is -0.135. The van der Waals surface area contributed by atoms with Crippen LogP contribution in [0.2, 0.25) is 0 Å². The normalized spacial score (nSPS) is 13.1. The van der Waals surface area contributed by atoms with Crippen molar-refractivity contribution in [3.63, 3.8) is 0 Å². The summed E-state index contributed by atoms with van der Waals surface area (Å²) in [6.45, 7) is 6.38. The van der Waals surface area contributed by atoms with Crippen LogP contribution in [0.3, 0.4) is 0 Å². The summed E-state index contributed by atoms with van der Waals surface area (Å²) in [6, 6.07) is -0.461. The van der Waals surface area contributed by atoms with Gasteiger partial charge in [0.15, 0.2) is 0 Å². The highest BCUT2D eigenvalue weighted by Crippen LogP contribution is 1.91. The van der Waals surface area contributed by atoms with Crippen LogP contribution in [-0.4, -0.2) is 18.6 Å². The molecule has 0 aliphatic carbocycles. The lowest BCUT2D eigenvalue weighted by atomic mass is 10.2. The Bertz CT molecular complexity index is 137. The number of amides is 1. The van der Waals surface area contributed by atoms with Gasteiger partial charge in [-0.05, 0) is 12.3 Å². The van der Waals surface area contributed by atoms with E-state index in [1.54, 1.807) is 0 Å². The smallest absolute Gasteiger partial charge is 0.260 e. The highest BCUT2D eigenvalue weighted by molar-refractivity contribution is 5.80. The molecule has 3 N–H and O–H groups in total. The van der Waals surface area contributed by atoms with Gasteiger partial charge in [-0.2, -0.15) is 0 Å². The molecule has 0 aromatic carbocycles. The zero-order valence-electron chi connectivity index (χ0n) is 7.96. The molecule has 0 heterocycles. The van der Waals surface area contributed by atoms with Gasteiger partial charge in [-0.15, -0.1) is 0 Å². The average molecular weight is 174 g/mol. The van der Waals surface area contributed by atoms with E-state index in [1.165, 1.54) is 0 Å². The summed E-state index contributed by atoms with van der Waals surface area (Å²) in [5.74, 6) is 0.154. The first-order chi connectivity index (χ1) is 5.57. The second kappa shape index (κ2) is 5.97. The molecule has 0 aliphatic rings. The SMILES string of the molecule is CC[C@@H](N)C(=O)NOCC(C)C. The first-order valence-corrected chi connectivity index (χ1v) is 4.25. The van der Waals surface area contributed by atoms with E-state index >= 15 is 0 Å². The predicted molar refractivity (Wildman–Crippen MR) is 47.2 cm³/mol. The van der Waals surface area contributed by atoms with Gasteiger partial charge >= 0.3 is 0 Å². The van der Waals surface area contributed by atoms with Gasteiger partial charge in [0.2, 0.25) is 0 Å². The van der Waals surface area contributed by atoms with Crippen molar-refractivity contribution in [1.29, 1.82) is 0 Å². The number of carbonyl (C=O) groups excluding carboxylic acids is 1.